The molecule has 1 aromatic heterocycles. The number of amides is 4. The van der Waals surface area contributed by atoms with Crippen molar-refractivity contribution in [3.8, 4) is 0 Å². The number of hydrogen-bond acceptors (Lipinski definition) is 6. The minimum Gasteiger partial charge on any atom is -0.383 e. The van der Waals surface area contributed by atoms with Gasteiger partial charge in [-0.2, -0.15) is 0 Å². The number of carbonyl (C=O) groups excluding carboxylic acids is 3. The number of fused-ring (bicyclic) bond motifs is 1. The summed E-state index contributed by atoms with van der Waals surface area (Å²) in [7, 11) is 1.48. The molecule has 4 rings (SSSR count). The van der Waals surface area contributed by atoms with Crippen molar-refractivity contribution in [1.29, 1.82) is 0 Å². The number of ether oxygens (including phenoxy) is 1. The number of carbonyl (C=O) groups is 3. The van der Waals surface area contributed by atoms with Crippen molar-refractivity contribution in [3.05, 3.63) is 76.1 Å². The predicted octanol–water partition coefficient (Wildman–Crippen LogP) is 1.50. The molecule has 4 amide bonds. The molecule has 11 heteroatoms. The van der Waals surface area contributed by atoms with Crippen LogP contribution in [-0.2, 0) is 26.4 Å². The maximum absolute atomic E-state index is 13.3. The molecule has 10 nitrogen and oxygen atoms in total. The van der Waals surface area contributed by atoms with Gasteiger partial charge in [-0.3, -0.25) is 19.3 Å². The van der Waals surface area contributed by atoms with Crippen LogP contribution in [0, 0.1) is 5.82 Å². The summed E-state index contributed by atoms with van der Waals surface area (Å²) < 4.78 is 18.4. The fourth-order valence-corrected chi connectivity index (χ4v) is 3.94. The number of urea groups is 1. The van der Waals surface area contributed by atoms with E-state index in [1.54, 1.807) is 24.3 Å². The Balaban J connectivity index is 1.54. The van der Waals surface area contributed by atoms with Gasteiger partial charge < -0.3 is 19.9 Å². The molecule has 35 heavy (non-hydrogen) atoms. The predicted molar refractivity (Wildman–Crippen MR) is 124 cm³/mol. The highest BCUT2D eigenvalue weighted by Gasteiger charge is 2.49. The second-order valence-corrected chi connectivity index (χ2v) is 8.29. The van der Waals surface area contributed by atoms with E-state index in [1.807, 2.05) is 0 Å². The van der Waals surface area contributed by atoms with E-state index in [0.717, 1.165) is 4.90 Å². The van der Waals surface area contributed by atoms with Crippen LogP contribution in [0.3, 0.4) is 0 Å². The number of rotatable bonds is 8. The zero-order valence-electron chi connectivity index (χ0n) is 19.2. The van der Waals surface area contributed by atoms with Gasteiger partial charge in [0.25, 0.3) is 11.5 Å². The molecule has 182 valence electrons. The van der Waals surface area contributed by atoms with Crippen LogP contribution in [0.2, 0.25) is 0 Å². The van der Waals surface area contributed by atoms with Gasteiger partial charge in [0.05, 0.1) is 24.1 Å². The summed E-state index contributed by atoms with van der Waals surface area (Å²) >= 11 is 0. The molecule has 1 saturated heterocycles. The fraction of sp³-hybridized carbons (Fsp3) is 0.292. The van der Waals surface area contributed by atoms with Crippen molar-refractivity contribution in [2.75, 3.05) is 26.8 Å². The number of aromatic amines is 1. The van der Waals surface area contributed by atoms with Crippen LogP contribution in [0.1, 0.15) is 18.3 Å². The first kappa shape index (κ1) is 24.0. The number of hydrogen-bond donors (Lipinski definition) is 2. The zero-order chi connectivity index (χ0) is 25.2. The summed E-state index contributed by atoms with van der Waals surface area (Å²) in [6, 6.07) is 11.3. The highest BCUT2D eigenvalue weighted by molar-refractivity contribution is 6.09. The van der Waals surface area contributed by atoms with E-state index in [2.05, 4.69) is 15.3 Å². The topological polar surface area (TPSA) is 125 Å². The maximum Gasteiger partial charge on any atom is 0.325 e. The minimum absolute atomic E-state index is 0.0544. The van der Waals surface area contributed by atoms with Crippen molar-refractivity contribution in [3.63, 3.8) is 0 Å². The first-order valence-corrected chi connectivity index (χ1v) is 10.9. The Morgan fingerprint density at radius 2 is 1.86 bits per heavy atom. The summed E-state index contributed by atoms with van der Waals surface area (Å²) in [5.41, 5.74) is -0.905. The summed E-state index contributed by atoms with van der Waals surface area (Å²) in [6.07, 6.45) is 0. The molecule has 2 aromatic carbocycles. The van der Waals surface area contributed by atoms with E-state index in [1.165, 1.54) is 43.2 Å². The van der Waals surface area contributed by atoms with E-state index >= 15 is 0 Å². The minimum atomic E-state index is -1.44. The summed E-state index contributed by atoms with van der Waals surface area (Å²) in [6.45, 7) is 1.25. The second-order valence-electron chi connectivity index (χ2n) is 8.29. The lowest BCUT2D eigenvalue weighted by molar-refractivity contribution is -0.139. The average molecular weight is 481 g/mol. The van der Waals surface area contributed by atoms with Crippen LogP contribution >= 0.6 is 0 Å². The smallest absolute Gasteiger partial charge is 0.325 e. The third-order valence-electron chi connectivity index (χ3n) is 5.91. The highest BCUT2D eigenvalue weighted by atomic mass is 19.1. The van der Waals surface area contributed by atoms with Gasteiger partial charge in [0.15, 0.2) is 0 Å². The Bertz CT molecular complexity index is 1340. The van der Waals surface area contributed by atoms with Gasteiger partial charge in [0.1, 0.15) is 23.7 Å². The summed E-state index contributed by atoms with van der Waals surface area (Å²) in [4.78, 5) is 60.6. The van der Waals surface area contributed by atoms with Gasteiger partial charge in [0.2, 0.25) is 5.91 Å². The molecule has 0 aliphatic carbocycles. The molecular formula is C24H24FN5O5. The largest absolute Gasteiger partial charge is 0.383 e. The number of aromatic nitrogens is 2. The fourth-order valence-electron chi connectivity index (χ4n) is 3.94. The molecule has 3 aromatic rings. The Labute approximate surface area is 199 Å². The van der Waals surface area contributed by atoms with Crippen molar-refractivity contribution in [1.82, 2.24) is 25.1 Å². The van der Waals surface area contributed by atoms with E-state index in [9.17, 15) is 23.6 Å². The molecule has 2 N–H and O–H groups in total. The maximum atomic E-state index is 13.3. The molecule has 0 radical (unpaired) electrons. The van der Waals surface area contributed by atoms with Crippen LogP contribution in [-0.4, -0.2) is 64.4 Å². The lowest BCUT2D eigenvalue weighted by Crippen LogP contribution is -2.45. The van der Waals surface area contributed by atoms with Gasteiger partial charge in [-0.1, -0.05) is 24.3 Å². The third kappa shape index (κ3) is 4.76. The van der Waals surface area contributed by atoms with Crippen molar-refractivity contribution in [2.45, 2.75) is 19.0 Å². The van der Waals surface area contributed by atoms with Gasteiger partial charge in [-0.25, -0.2) is 14.2 Å². The molecule has 1 aliphatic heterocycles. The first-order chi connectivity index (χ1) is 16.7. The quantitative estimate of drug-likeness (QED) is 0.470. The van der Waals surface area contributed by atoms with Crippen LogP contribution in [0.25, 0.3) is 10.9 Å². The summed E-state index contributed by atoms with van der Waals surface area (Å²) in [5.74, 6) is -1.39. The number of benzene rings is 2. The Morgan fingerprint density at radius 3 is 2.57 bits per heavy atom. The standard InChI is InChI=1S/C24H24FN5O5/c1-24(15-7-9-16(25)10-8-15)22(33)30(23(34)28-24)14-20(31)29(11-12-35-2)13-19-26-18-6-4-3-5-17(18)21(32)27-19/h3-10H,11-14H2,1-2H3,(H,28,34)(H,26,27,32). The number of halogens is 1. The molecular weight excluding hydrogens is 457 g/mol. The molecule has 2 heterocycles. The molecule has 1 fully saturated rings. The molecule has 0 bridgehead atoms. The highest BCUT2D eigenvalue weighted by Crippen LogP contribution is 2.29. The van der Waals surface area contributed by atoms with E-state index in [0.29, 0.717) is 16.5 Å². The van der Waals surface area contributed by atoms with Gasteiger partial charge in [-0.05, 0) is 36.8 Å². The Kier molecular flexibility index (Phi) is 6.61. The SMILES string of the molecule is COCCN(Cc1nc2ccccc2c(=O)[nH]1)C(=O)CN1C(=O)NC(C)(c2ccc(F)cc2)C1=O. The van der Waals surface area contributed by atoms with Crippen LogP contribution in [0.4, 0.5) is 9.18 Å². The van der Waals surface area contributed by atoms with Crippen LogP contribution in [0.15, 0.2) is 53.3 Å². The number of methoxy groups -OCH3 is 1. The Hall–Kier alpha value is -4.12. The zero-order valence-corrected chi connectivity index (χ0v) is 19.2. The average Bonchev–Trinajstić information content (AvgIpc) is 3.05. The third-order valence-corrected chi connectivity index (χ3v) is 5.91. The van der Waals surface area contributed by atoms with Crippen LogP contribution in [0.5, 0.6) is 0 Å². The van der Waals surface area contributed by atoms with Crippen molar-refractivity contribution >= 4 is 28.7 Å². The molecule has 0 saturated carbocycles. The van der Waals surface area contributed by atoms with Crippen molar-refractivity contribution in [2.24, 2.45) is 0 Å². The normalized spacial score (nSPS) is 17.6. The second kappa shape index (κ2) is 9.63. The number of nitrogens with zero attached hydrogens (tertiary/aromatic N) is 3. The van der Waals surface area contributed by atoms with E-state index in [-0.39, 0.29) is 31.1 Å². The number of imide groups is 1. The lowest BCUT2D eigenvalue weighted by Gasteiger charge is -2.25. The first-order valence-electron chi connectivity index (χ1n) is 10.9. The molecule has 0 spiro atoms. The van der Waals surface area contributed by atoms with E-state index < -0.39 is 35.7 Å². The van der Waals surface area contributed by atoms with Gasteiger partial charge >= 0.3 is 6.03 Å². The number of H-pyrrole nitrogens is 1. The van der Waals surface area contributed by atoms with E-state index in [4.69, 9.17) is 4.74 Å². The molecule has 1 atom stereocenters. The summed E-state index contributed by atoms with van der Waals surface area (Å²) in [5, 5.41) is 3.01. The monoisotopic (exact) mass is 481 g/mol. The molecule has 1 aliphatic rings. The van der Waals surface area contributed by atoms with Crippen LogP contribution < -0.4 is 10.9 Å². The lowest BCUT2D eigenvalue weighted by atomic mass is 9.92. The van der Waals surface area contributed by atoms with Crippen molar-refractivity contribution < 1.29 is 23.5 Å². The van der Waals surface area contributed by atoms with Gasteiger partial charge in [0, 0.05) is 13.7 Å². The number of nitrogens with one attached hydrogen (secondary N) is 2. The van der Waals surface area contributed by atoms with Gasteiger partial charge in [-0.15, -0.1) is 0 Å². The Morgan fingerprint density at radius 1 is 1.14 bits per heavy atom. The molecule has 1 unspecified atom stereocenters. The number of para-hydroxylation sites is 1.